The van der Waals surface area contributed by atoms with Gasteiger partial charge in [0.15, 0.2) is 13.1 Å². The molecule has 2 N–H and O–H groups in total. The maximum Gasteiger partial charge on any atom is 0.248 e. The fraction of sp³-hybridized carbons (Fsp3) is 0.167. The molecule has 0 radical (unpaired) electrons. The van der Waals surface area contributed by atoms with Gasteiger partial charge in [-0.1, -0.05) is 22.6 Å². The number of halogens is 1. The predicted molar refractivity (Wildman–Crippen MR) is 82.1 cm³/mol. The zero-order valence-electron chi connectivity index (χ0n) is 10.5. The lowest BCUT2D eigenvalue weighted by molar-refractivity contribution is 0.1000. The first-order chi connectivity index (χ1) is 9.32. The van der Waals surface area contributed by atoms with Crippen LogP contribution in [0.25, 0.3) is 0 Å². The molecular weight excluding hydrogens is 393 g/mol. The van der Waals surface area contributed by atoms with E-state index in [-0.39, 0.29) is 10.5 Å². The molecule has 1 heterocycles. The monoisotopic (exact) mass is 405 g/mol. The summed E-state index contributed by atoms with van der Waals surface area (Å²) in [6.07, 6.45) is 1.69. The third kappa shape index (κ3) is 2.85. The zero-order chi connectivity index (χ0) is 14.9. The Hall–Kier alpha value is -1.42. The van der Waals surface area contributed by atoms with Crippen molar-refractivity contribution in [1.29, 1.82) is 0 Å². The predicted octanol–water partition coefficient (Wildman–Crippen LogP) is 1.43. The van der Waals surface area contributed by atoms with Crippen LogP contribution in [-0.4, -0.2) is 24.1 Å². The average Bonchev–Trinajstić information content (AvgIpc) is 2.84. The van der Waals surface area contributed by atoms with Crippen molar-refractivity contribution in [3.63, 3.8) is 0 Å². The van der Waals surface area contributed by atoms with Crippen molar-refractivity contribution in [3.05, 3.63) is 47.8 Å². The number of alkyl halides is 1. The van der Waals surface area contributed by atoms with Crippen LogP contribution in [0.2, 0.25) is 0 Å². The van der Waals surface area contributed by atoms with Gasteiger partial charge in [-0.25, -0.2) is 8.42 Å². The second-order valence-corrected chi connectivity index (χ2v) is 8.29. The van der Waals surface area contributed by atoms with Gasteiger partial charge in [0.2, 0.25) is 5.91 Å². The highest BCUT2D eigenvalue weighted by atomic mass is 127. The van der Waals surface area contributed by atoms with E-state index in [1.165, 1.54) is 24.3 Å². The number of carbonyl (C=O) groups excluding carboxylic acids is 1. The van der Waals surface area contributed by atoms with E-state index in [0.717, 1.165) is 0 Å². The summed E-state index contributed by atoms with van der Waals surface area (Å²) in [7, 11) is -1.84. The average molecular weight is 405 g/mol. The first-order valence-corrected chi connectivity index (χ1v) is 8.39. The largest absolute Gasteiger partial charge is 0.366 e. The minimum atomic E-state index is -3.56. The van der Waals surface area contributed by atoms with Crippen molar-refractivity contribution in [2.45, 2.75) is 8.15 Å². The van der Waals surface area contributed by atoms with Gasteiger partial charge < -0.3 is 5.73 Å². The minimum absolute atomic E-state index is 0.132. The molecule has 6 nitrogen and oxygen atoms in total. The van der Waals surface area contributed by atoms with Gasteiger partial charge in [0.05, 0.1) is 10.6 Å². The first-order valence-electron chi connectivity index (χ1n) is 5.60. The molecule has 1 aromatic carbocycles. The Kier molecular flexibility index (Phi) is 4.14. The Morgan fingerprint density at radius 1 is 1.30 bits per heavy atom. The van der Waals surface area contributed by atoms with Gasteiger partial charge in [-0.15, -0.1) is 0 Å². The Bertz CT molecular complexity index is 738. The fourth-order valence-corrected chi connectivity index (χ4v) is 4.05. The van der Waals surface area contributed by atoms with Crippen LogP contribution < -0.4 is 5.73 Å². The van der Waals surface area contributed by atoms with E-state index in [1.807, 2.05) is 22.6 Å². The summed E-state index contributed by atoms with van der Waals surface area (Å²) in [5.41, 5.74) is 5.86. The fourth-order valence-electron chi connectivity index (χ4n) is 1.64. The Morgan fingerprint density at radius 3 is 2.35 bits per heavy atom. The Labute approximate surface area is 130 Å². The standard InChI is InChI=1S/C12H12IN3O3S/c1-16-7-6-10(15-16)11(13)20(18,19)9-4-2-8(3-5-9)12(14)17/h2-7,11H,1H3,(H2,14,17). The number of nitrogens with zero attached hydrogens (tertiary/aromatic N) is 2. The summed E-state index contributed by atoms with van der Waals surface area (Å²) in [4.78, 5) is 11.1. The number of benzene rings is 1. The molecule has 0 aliphatic carbocycles. The van der Waals surface area contributed by atoms with Gasteiger partial charge in [-0.05, 0) is 30.3 Å². The van der Waals surface area contributed by atoms with E-state index in [2.05, 4.69) is 5.10 Å². The summed E-state index contributed by atoms with van der Waals surface area (Å²) in [6, 6.07) is 7.22. The second-order valence-electron chi connectivity index (χ2n) is 4.16. The van der Waals surface area contributed by atoms with Crippen LogP contribution in [0.4, 0.5) is 0 Å². The summed E-state index contributed by atoms with van der Waals surface area (Å²) in [5.74, 6) is -0.593. The van der Waals surface area contributed by atoms with Crippen molar-refractivity contribution in [3.8, 4) is 0 Å². The molecule has 1 amide bonds. The van der Waals surface area contributed by atoms with E-state index in [0.29, 0.717) is 5.69 Å². The maximum absolute atomic E-state index is 12.5. The number of nitrogens with two attached hydrogens (primary N) is 1. The van der Waals surface area contributed by atoms with E-state index < -0.39 is 19.0 Å². The number of primary amides is 1. The molecule has 0 saturated heterocycles. The van der Waals surface area contributed by atoms with Crippen LogP contribution in [0.3, 0.4) is 0 Å². The van der Waals surface area contributed by atoms with Gasteiger partial charge in [-0.2, -0.15) is 5.10 Å². The molecule has 0 bridgehead atoms. The molecule has 20 heavy (non-hydrogen) atoms. The highest BCUT2D eigenvalue weighted by Crippen LogP contribution is 2.33. The molecule has 0 spiro atoms. The number of amides is 1. The van der Waals surface area contributed by atoms with Gasteiger partial charge in [0, 0.05) is 18.8 Å². The van der Waals surface area contributed by atoms with E-state index in [9.17, 15) is 13.2 Å². The molecule has 1 atom stereocenters. The number of hydrogen-bond acceptors (Lipinski definition) is 4. The zero-order valence-corrected chi connectivity index (χ0v) is 13.5. The third-order valence-corrected chi connectivity index (χ3v) is 7.07. The van der Waals surface area contributed by atoms with Crippen LogP contribution in [0.5, 0.6) is 0 Å². The topological polar surface area (TPSA) is 95.0 Å². The van der Waals surface area contributed by atoms with Crippen LogP contribution in [0.15, 0.2) is 41.4 Å². The first kappa shape index (κ1) is 15.0. The highest BCUT2D eigenvalue weighted by molar-refractivity contribution is 14.1. The maximum atomic E-state index is 12.5. The molecular formula is C12H12IN3O3S. The van der Waals surface area contributed by atoms with Gasteiger partial charge in [-0.3, -0.25) is 9.48 Å². The summed E-state index contributed by atoms with van der Waals surface area (Å²) >= 11 is 1.83. The van der Waals surface area contributed by atoms with Crippen LogP contribution in [0, 0.1) is 0 Å². The molecule has 106 valence electrons. The lowest BCUT2D eigenvalue weighted by Gasteiger charge is -2.09. The molecule has 0 aliphatic heterocycles. The van der Waals surface area contributed by atoms with Crippen molar-refractivity contribution >= 4 is 38.3 Å². The molecule has 2 rings (SSSR count). The van der Waals surface area contributed by atoms with Crippen LogP contribution >= 0.6 is 22.6 Å². The lowest BCUT2D eigenvalue weighted by atomic mass is 10.2. The number of carbonyl (C=O) groups is 1. The molecule has 1 aromatic heterocycles. The van der Waals surface area contributed by atoms with E-state index in [4.69, 9.17) is 5.73 Å². The van der Waals surface area contributed by atoms with Crippen LogP contribution in [0.1, 0.15) is 19.3 Å². The van der Waals surface area contributed by atoms with Gasteiger partial charge in [0.1, 0.15) is 0 Å². The molecule has 2 aromatic rings. The highest BCUT2D eigenvalue weighted by Gasteiger charge is 2.28. The lowest BCUT2D eigenvalue weighted by Crippen LogP contribution is -2.12. The van der Waals surface area contributed by atoms with Crippen molar-refractivity contribution < 1.29 is 13.2 Å². The second kappa shape index (κ2) is 5.52. The molecule has 0 saturated carbocycles. The SMILES string of the molecule is Cn1ccc(C(I)S(=O)(=O)c2ccc(C(N)=O)cc2)n1. The van der Waals surface area contributed by atoms with Crippen molar-refractivity contribution in [2.24, 2.45) is 12.8 Å². The number of aryl methyl sites for hydroxylation is 1. The summed E-state index contributed by atoms with van der Waals surface area (Å²) < 4.78 is 25.7. The Balaban J connectivity index is 2.37. The molecule has 0 fully saturated rings. The molecule has 1 unspecified atom stereocenters. The Morgan fingerprint density at radius 2 is 1.90 bits per heavy atom. The number of rotatable bonds is 4. The summed E-state index contributed by atoms with van der Waals surface area (Å²) in [5, 5.41) is 4.10. The van der Waals surface area contributed by atoms with Crippen molar-refractivity contribution in [1.82, 2.24) is 9.78 Å². The van der Waals surface area contributed by atoms with Crippen molar-refractivity contribution in [2.75, 3.05) is 0 Å². The van der Waals surface area contributed by atoms with Crippen LogP contribution in [-0.2, 0) is 16.9 Å². The smallest absolute Gasteiger partial charge is 0.248 e. The number of aromatic nitrogens is 2. The van der Waals surface area contributed by atoms with E-state index in [1.54, 1.807) is 24.0 Å². The minimum Gasteiger partial charge on any atom is -0.366 e. The quantitative estimate of drug-likeness (QED) is 0.615. The number of hydrogen-bond donors (Lipinski definition) is 1. The molecule has 0 aliphatic rings. The normalized spacial score (nSPS) is 13.1. The van der Waals surface area contributed by atoms with E-state index >= 15 is 0 Å². The molecule has 8 heteroatoms. The van der Waals surface area contributed by atoms with Gasteiger partial charge in [0.25, 0.3) is 0 Å². The summed E-state index contributed by atoms with van der Waals surface area (Å²) in [6.45, 7) is 0. The van der Waals surface area contributed by atoms with Gasteiger partial charge >= 0.3 is 0 Å². The number of sulfone groups is 1. The third-order valence-electron chi connectivity index (χ3n) is 2.71.